The molecule has 0 atom stereocenters. The van der Waals surface area contributed by atoms with Gasteiger partial charge >= 0.3 is 0 Å². The second-order valence-corrected chi connectivity index (χ2v) is 2.34. The number of ether oxygens (including phenoxy) is 1. The van der Waals surface area contributed by atoms with E-state index < -0.39 is 0 Å². The summed E-state index contributed by atoms with van der Waals surface area (Å²) in [6.45, 7) is 2.13. The third kappa shape index (κ3) is 1.85. The lowest BCUT2D eigenvalue weighted by atomic mass is 10.2. The fraction of sp³-hybridized carbons (Fsp3) is 0.250. The summed E-state index contributed by atoms with van der Waals surface area (Å²) < 4.78 is 5.11. The van der Waals surface area contributed by atoms with Crippen LogP contribution in [-0.2, 0) is 0 Å². The quantitative estimate of drug-likeness (QED) is 0.488. The Balaban J connectivity index is 2.90. The molecule has 3 nitrogen and oxygen atoms in total. The zero-order valence-corrected chi connectivity index (χ0v) is 6.50. The van der Waals surface area contributed by atoms with E-state index in [4.69, 9.17) is 16.2 Å². The van der Waals surface area contributed by atoms with E-state index in [1.54, 1.807) is 6.07 Å². The van der Waals surface area contributed by atoms with Gasteiger partial charge in [-0.25, -0.2) is 0 Å². The van der Waals surface area contributed by atoms with Gasteiger partial charge in [0.25, 0.3) is 0 Å². The molecule has 0 saturated heterocycles. The molecule has 0 aliphatic heterocycles. The molecule has 1 aromatic carbocycles. The Kier molecular flexibility index (Phi) is 2.33. The van der Waals surface area contributed by atoms with Crippen molar-refractivity contribution in [2.45, 2.75) is 6.92 Å². The van der Waals surface area contributed by atoms with Crippen molar-refractivity contribution >= 4 is 5.69 Å². The maximum atomic E-state index is 5.54. The van der Waals surface area contributed by atoms with Crippen LogP contribution in [0.4, 0.5) is 5.69 Å². The third-order valence-corrected chi connectivity index (χ3v) is 1.44. The van der Waals surface area contributed by atoms with Gasteiger partial charge in [-0.3, -0.25) is 5.73 Å². The number of hydrogen-bond acceptors (Lipinski definition) is 3. The lowest BCUT2D eigenvalue weighted by Gasteiger charge is -2.06. The van der Waals surface area contributed by atoms with Crippen molar-refractivity contribution in [2.24, 2.45) is 5.73 Å². The molecule has 0 unspecified atom stereocenters. The third-order valence-electron chi connectivity index (χ3n) is 1.44. The Hall–Kier alpha value is -1.22. The summed E-state index contributed by atoms with van der Waals surface area (Å²) in [5.41, 5.74) is 12.5. The molecule has 0 fully saturated rings. The lowest BCUT2D eigenvalue weighted by molar-refractivity contribution is 0.327. The predicted octanol–water partition coefficient (Wildman–Crippen LogP) is 0.872. The zero-order valence-electron chi connectivity index (χ0n) is 6.50. The van der Waals surface area contributed by atoms with Crippen molar-refractivity contribution in [3.8, 4) is 5.75 Å². The van der Waals surface area contributed by atoms with Crippen LogP contribution in [0.1, 0.15) is 5.56 Å². The van der Waals surface area contributed by atoms with Gasteiger partial charge in [-0.2, -0.15) is 0 Å². The largest absolute Gasteiger partial charge is 0.478 e. The molecule has 3 heteroatoms. The molecule has 0 saturated carbocycles. The van der Waals surface area contributed by atoms with Crippen LogP contribution >= 0.6 is 0 Å². The molecule has 0 heterocycles. The van der Waals surface area contributed by atoms with Crippen molar-refractivity contribution in [3.05, 3.63) is 23.8 Å². The molecule has 4 N–H and O–H groups in total. The summed E-state index contributed by atoms with van der Waals surface area (Å²) >= 11 is 0. The molecule has 0 amide bonds. The second kappa shape index (κ2) is 3.25. The van der Waals surface area contributed by atoms with Crippen molar-refractivity contribution < 1.29 is 4.74 Å². The first kappa shape index (κ1) is 7.88. The van der Waals surface area contributed by atoms with Gasteiger partial charge in [0.1, 0.15) is 12.5 Å². The average molecular weight is 152 g/mol. The van der Waals surface area contributed by atoms with Crippen LogP contribution in [0.5, 0.6) is 5.75 Å². The van der Waals surface area contributed by atoms with Crippen LogP contribution in [0.2, 0.25) is 0 Å². The zero-order chi connectivity index (χ0) is 8.27. The van der Waals surface area contributed by atoms with Gasteiger partial charge < -0.3 is 10.5 Å². The summed E-state index contributed by atoms with van der Waals surface area (Å²) in [7, 11) is 0. The van der Waals surface area contributed by atoms with E-state index in [0.717, 1.165) is 17.0 Å². The molecule has 0 aromatic heterocycles. The van der Waals surface area contributed by atoms with E-state index in [1.165, 1.54) is 0 Å². The highest BCUT2D eigenvalue weighted by atomic mass is 16.5. The summed E-state index contributed by atoms with van der Waals surface area (Å²) in [4.78, 5) is 0. The van der Waals surface area contributed by atoms with E-state index in [1.807, 2.05) is 19.1 Å². The molecule has 11 heavy (non-hydrogen) atoms. The number of anilines is 1. The topological polar surface area (TPSA) is 61.3 Å². The van der Waals surface area contributed by atoms with Crippen LogP contribution in [0.3, 0.4) is 0 Å². The predicted molar refractivity (Wildman–Crippen MR) is 45.3 cm³/mol. The minimum Gasteiger partial charge on any atom is -0.478 e. The molecule has 60 valence electrons. The fourth-order valence-corrected chi connectivity index (χ4v) is 0.924. The first-order valence-electron chi connectivity index (χ1n) is 3.43. The molecule has 0 aliphatic carbocycles. The van der Waals surface area contributed by atoms with Gasteiger partial charge in [0.15, 0.2) is 0 Å². The van der Waals surface area contributed by atoms with Gasteiger partial charge in [-0.1, -0.05) is 0 Å². The van der Waals surface area contributed by atoms with Crippen molar-refractivity contribution in [1.82, 2.24) is 0 Å². The van der Waals surface area contributed by atoms with Gasteiger partial charge in [-0.05, 0) is 30.7 Å². The van der Waals surface area contributed by atoms with Crippen LogP contribution < -0.4 is 16.2 Å². The summed E-state index contributed by atoms with van der Waals surface area (Å²) in [6.07, 6.45) is 0. The van der Waals surface area contributed by atoms with Crippen molar-refractivity contribution in [3.63, 3.8) is 0 Å². The summed E-state index contributed by atoms with van der Waals surface area (Å²) in [6, 6.07) is 5.46. The van der Waals surface area contributed by atoms with Crippen LogP contribution in [0.25, 0.3) is 0 Å². The number of nitrogens with two attached hydrogens (primary N) is 2. The van der Waals surface area contributed by atoms with Crippen molar-refractivity contribution in [1.29, 1.82) is 0 Å². The summed E-state index contributed by atoms with van der Waals surface area (Å²) in [5.74, 6) is 0.793. The van der Waals surface area contributed by atoms with Gasteiger partial charge in [-0.15, -0.1) is 0 Å². The number of benzene rings is 1. The molecule has 1 rings (SSSR count). The monoisotopic (exact) mass is 152 g/mol. The molecule has 0 bridgehead atoms. The Morgan fingerprint density at radius 2 is 2.18 bits per heavy atom. The molecular weight excluding hydrogens is 140 g/mol. The smallest absolute Gasteiger partial charge is 0.137 e. The average Bonchev–Trinajstić information content (AvgIpc) is 1.95. The van der Waals surface area contributed by atoms with E-state index in [2.05, 4.69) is 0 Å². The van der Waals surface area contributed by atoms with Crippen molar-refractivity contribution in [2.75, 3.05) is 12.5 Å². The highest BCUT2D eigenvalue weighted by Crippen LogP contribution is 2.19. The SMILES string of the molecule is Cc1cc(N)ccc1OCN. The minimum absolute atomic E-state index is 0.199. The maximum absolute atomic E-state index is 5.54. The number of nitrogen functional groups attached to an aromatic ring is 1. The standard InChI is InChI=1S/C8H12N2O/c1-6-4-7(10)2-3-8(6)11-5-9/h2-4H,5,9-10H2,1H3. The number of rotatable bonds is 2. The van der Waals surface area contributed by atoms with E-state index in [0.29, 0.717) is 0 Å². The van der Waals surface area contributed by atoms with Crippen LogP contribution in [0, 0.1) is 6.92 Å². The first-order valence-corrected chi connectivity index (χ1v) is 3.43. The molecular formula is C8H12N2O. The van der Waals surface area contributed by atoms with Gasteiger partial charge in [0.2, 0.25) is 0 Å². The molecule has 0 radical (unpaired) electrons. The number of hydrogen-bond donors (Lipinski definition) is 2. The minimum atomic E-state index is 0.199. The van der Waals surface area contributed by atoms with Crippen LogP contribution in [0.15, 0.2) is 18.2 Å². The van der Waals surface area contributed by atoms with Gasteiger partial charge in [0, 0.05) is 5.69 Å². The first-order chi connectivity index (χ1) is 5.24. The lowest BCUT2D eigenvalue weighted by Crippen LogP contribution is -2.08. The summed E-state index contributed by atoms with van der Waals surface area (Å²) in [5, 5.41) is 0. The van der Waals surface area contributed by atoms with Gasteiger partial charge in [0.05, 0.1) is 0 Å². The number of aryl methyl sites for hydroxylation is 1. The maximum Gasteiger partial charge on any atom is 0.137 e. The molecule has 1 aromatic rings. The Morgan fingerprint density at radius 3 is 2.73 bits per heavy atom. The Morgan fingerprint density at radius 1 is 1.45 bits per heavy atom. The van der Waals surface area contributed by atoms with Crippen LogP contribution in [-0.4, -0.2) is 6.73 Å². The fourth-order valence-electron chi connectivity index (χ4n) is 0.924. The second-order valence-electron chi connectivity index (χ2n) is 2.34. The highest BCUT2D eigenvalue weighted by molar-refractivity contribution is 5.47. The Bertz CT molecular complexity index is 248. The van der Waals surface area contributed by atoms with E-state index in [-0.39, 0.29) is 6.73 Å². The highest BCUT2D eigenvalue weighted by Gasteiger charge is 1.96. The van der Waals surface area contributed by atoms with E-state index in [9.17, 15) is 0 Å². The normalized spacial score (nSPS) is 9.64. The molecule has 0 spiro atoms. The Labute approximate surface area is 66.0 Å². The van der Waals surface area contributed by atoms with E-state index >= 15 is 0 Å². The molecule has 0 aliphatic rings.